The van der Waals surface area contributed by atoms with E-state index in [4.69, 9.17) is 0 Å². The second-order valence-corrected chi connectivity index (χ2v) is 2.87. The first-order valence-corrected chi connectivity index (χ1v) is 4.42. The number of carbonyl (C=O) groups excluding carboxylic acids is 1. The molecule has 0 saturated carbocycles. The van der Waals surface area contributed by atoms with Crippen LogP contribution in [0, 0.1) is 5.92 Å². The summed E-state index contributed by atoms with van der Waals surface area (Å²) in [5.41, 5.74) is 0. The van der Waals surface area contributed by atoms with Crippen molar-refractivity contribution in [3.8, 4) is 0 Å². The second kappa shape index (κ2) is 5.16. The first-order chi connectivity index (χ1) is 5.17. The molecule has 0 aliphatic rings. The average molecular weight is 157 g/mol. The molecule has 11 heavy (non-hydrogen) atoms. The van der Waals surface area contributed by atoms with Crippen LogP contribution in [0.25, 0.3) is 0 Å². The zero-order valence-electron chi connectivity index (χ0n) is 8.05. The molecule has 0 saturated heterocycles. The average Bonchev–Trinajstić information content (AvgIpc) is 2.05. The van der Waals surface area contributed by atoms with E-state index in [1.807, 2.05) is 14.0 Å². The summed E-state index contributed by atoms with van der Waals surface area (Å²) in [5, 5.41) is 0. The third-order valence-corrected chi connectivity index (χ3v) is 2.19. The standard InChI is InChI=1S/C9H19NO/c1-5-8(6-2)9(11)10(4)7-3/h8H,5-7H2,1-4H3. The summed E-state index contributed by atoms with van der Waals surface area (Å²) < 4.78 is 0. The summed E-state index contributed by atoms with van der Waals surface area (Å²) in [6.45, 7) is 6.95. The highest BCUT2D eigenvalue weighted by Gasteiger charge is 2.16. The van der Waals surface area contributed by atoms with Gasteiger partial charge in [0, 0.05) is 19.5 Å². The molecule has 66 valence electrons. The van der Waals surface area contributed by atoms with Crippen LogP contribution in [-0.2, 0) is 4.79 Å². The van der Waals surface area contributed by atoms with Gasteiger partial charge in [-0.1, -0.05) is 13.8 Å². The lowest BCUT2D eigenvalue weighted by Gasteiger charge is -2.20. The van der Waals surface area contributed by atoms with E-state index >= 15 is 0 Å². The smallest absolute Gasteiger partial charge is 0.225 e. The van der Waals surface area contributed by atoms with Gasteiger partial charge in [0.2, 0.25) is 5.91 Å². The fourth-order valence-electron chi connectivity index (χ4n) is 1.11. The van der Waals surface area contributed by atoms with Crippen LogP contribution in [0.3, 0.4) is 0 Å². The fourth-order valence-corrected chi connectivity index (χ4v) is 1.11. The normalized spacial score (nSPS) is 10.3. The number of rotatable bonds is 4. The van der Waals surface area contributed by atoms with Crippen molar-refractivity contribution in [2.75, 3.05) is 13.6 Å². The molecule has 0 atom stereocenters. The van der Waals surface area contributed by atoms with Crippen molar-refractivity contribution in [1.82, 2.24) is 4.90 Å². The van der Waals surface area contributed by atoms with Gasteiger partial charge in [-0.2, -0.15) is 0 Å². The molecule has 2 heteroatoms. The zero-order chi connectivity index (χ0) is 8.85. The highest BCUT2D eigenvalue weighted by molar-refractivity contribution is 5.78. The summed E-state index contributed by atoms with van der Waals surface area (Å²) in [7, 11) is 1.86. The van der Waals surface area contributed by atoms with Crippen molar-refractivity contribution in [3.63, 3.8) is 0 Å². The maximum absolute atomic E-state index is 11.5. The first-order valence-electron chi connectivity index (χ1n) is 4.42. The molecule has 0 radical (unpaired) electrons. The highest BCUT2D eigenvalue weighted by Crippen LogP contribution is 2.10. The Labute approximate surface area is 69.6 Å². The van der Waals surface area contributed by atoms with E-state index in [0.717, 1.165) is 19.4 Å². The number of hydrogen-bond acceptors (Lipinski definition) is 1. The van der Waals surface area contributed by atoms with Crippen molar-refractivity contribution in [3.05, 3.63) is 0 Å². The third-order valence-electron chi connectivity index (χ3n) is 2.19. The Morgan fingerprint density at radius 3 is 2.00 bits per heavy atom. The Bertz CT molecular complexity index is 119. The van der Waals surface area contributed by atoms with Gasteiger partial charge in [-0.3, -0.25) is 4.79 Å². The minimum Gasteiger partial charge on any atom is -0.346 e. The lowest BCUT2D eigenvalue weighted by Crippen LogP contribution is -2.32. The Kier molecular flexibility index (Phi) is 4.92. The molecule has 0 N–H and O–H groups in total. The molecule has 0 rings (SSSR count). The van der Waals surface area contributed by atoms with Crippen molar-refractivity contribution in [2.24, 2.45) is 5.92 Å². The summed E-state index contributed by atoms with van der Waals surface area (Å²) >= 11 is 0. The monoisotopic (exact) mass is 157 g/mol. The summed E-state index contributed by atoms with van der Waals surface area (Å²) in [4.78, 5) is 13.3. The highest BCUT2D eigenvalue weighted by atomic mass is 16.2. The fraction of sp³-hybridized carbons (Fsp3) is 0.889. The Morgan fingerprint density at radius 1 is 1.27 bits per heavy atom. The molecule has 0 spiro atoms. The minimum atomic E-state index is 0.236. The van der Waals surface area contributed by atoms with Crippen molar-refractivity contribution < 1.29 is 4.79 Å². The lowest BCUT2D eigenvalue weighted by atomic mass is 10.0. The molecule has 0 unspecified atom stereocenters. The van der Waals surface area contributed by atoms with Crippen LogP contribution in [0.2, 0.25) is 0 Å². The summed E-state index contributed by atoms with van der Waals surface area (Å²) in [6, 6.07) is 0. The summed E-state index contributed by atoms with van der Waals surface area (Å²) in [5.74, 6) is 0.525. The molecule has 1 amide bonds. The van der Waals surface area contributed by atoms with Gasteiger partial charge < -0.3 is 4.90 Å². The maximum atomic E-state index is 11.5. The van der Waals surface area contributed by atoms with E-state index in [2.05, 4.69) is 13.8 Å². The second-order valence-electron chi connectivity index (χ2n) is 2.87. The van der Waals surface area contributed by atoms with Gasteiger partial charge in [0.25, 0.3) is 0 Å². The zero-order valence-corrected chi connectivity index (χ0v) is 8.05. The lowest BCUT2D eigenvalue weighted by molar-refractivity contribution is -0.134. The van der Waals surface area contributed by atoms with Crippen molar-refractivity contribution in [1.29, 1.82) is 0 Å². The van der Waals surface area contributed by atoms with Crippen LogP contribution in [0.4, 0.5) is 0 Å². The van der Waals surface area contributed by atoms with Crippen LogP contribution in [0.15, 0.2) is 0 Å². The van der Waals surface area contributed by atoms with Gasteiger partial charge in [0.1, 0.15) is 0 Å². The third kappa shape index (κ3) is 2.91. The molecular weight excluding hydrogens is 138 g/mol. The summed E-state index contributed by atoms with van der Waals surface area (Å²) in [6.07, 6.45) is 1.92. The molecule has 0 bridgehead atoms. The van der Waals surface area contributed by atoms with Gasteiger partial charge in [-0.15, -0.1) is 0 Å². The molecule has 0 aromatic rings. The van der Waals surface area contributed by atoms with Gasteiger partial charge in [-0.25, -0.2) is 0 Å². The predicted molar refractivity (Wildman–Crippen MR) is 47.4 cm³/mol. The molecule has 0 aromatic heterocycles. The quantitative estimate of drug-likeness (QED) is 0.610. The SMILES string of the molecule is CCC(CC)C(=O)N(C)CC. The van der Waals surface area contributed by atoms with Crippen LogP contribution < -0.4 is 0 Å². The van der Waals surface area contributed by atoms with Crippen molar-refractivity contribution >= 4 is 5.91 Å². The van der Waals surface area contributed by atoms with Crippen LogP contribution >= 0.6 is 0 Å². The number of hydrogen-bond donors (Lipinski definition) is 0. The largest absolute Gasteiger partial charge is 0.346 e. The predicted octanol–water partition coefficient (Wildman–Crippen LogP) is 1.90. The maximum Gasteiger partial charge on any atom is 0.225 e. The Morgan fingerprint density at radius 2 is 1.73 bits per heavy atom. The van der Waals surface area contributed by atoms with E-state index in [1.165, 1.54) is 0 Å². The van der Waals surface area contributed by atoms with Crippen LogP contribution in [0.5, 0.6) is 0 Å². The van der Waals surface area contributed by atoms with E-state index in [1.54, 1.807) is 4.90 Å². The van der Waals surface area contributed by atoms with E-state index in [9.17, 15) is 4.79 Å². The van der Waals surface area contributed by atoms with Crippen LogP contribution in [0.1, 0.15) is 33.6 Å². The van der Waals surface area contributed by atoms with E-state index in [-0.39, 0.29) is 11.8 Å². The number of amides is 1. The van der Waals surface area contributed by atoms with Gasteiger partial charge >= 0.3 is 0 Å². The Balaban J connectivity index is 3.97. The van der Waals surface area contributed by atoms with E-state index in [0.29, 0.717) is 0 Å². The van der Waals surface area contributed by atoms with Crippen molar-refractivity contribution in [2.45, 2.75) is 33.6 Å². The topological polar surface area (TPSA) is 20.3 Å². The number of carbonyl (C=O) groups is 1. The number of nitrogens with zero attached hydrogens (tertiary/aromatic N) is 1. The molecular formula is C9H19NO. The van der Waals surface area contributed by atoms with Gasteiger partial charge in [-0.05, 0) is 19.8 Å². The molecule has 0 aliphatic heterocycles. The van der Waals surface area contributed by atoms with E-state index < -0.39 is 0 Å². The Hall–Kier alpha value is -0.530. The van der Waals surface area contributed by atoms with Gasteiger partial charge in [0.05, 0.1) is 0 Å². The molecule has 0 heterocycles. The molecule has 0 aromatic carbocycles. The molecule has 0 aliphatic carbocycles. The minimum absolute atomic E-state index is 0.236. The van der Waals surface area contributed by atoms with Crippen LogP contribution in [-0.4, -0.2) is 24.4 Å². The first kappa shape index (κ1) is 10.5. The molecule has 2 nitrogen and oxygen atoms in total. The van der Waals surface area contributed by atoms with Gasteiger partial charge in [0.15, 0.2) is 0 Å². The molecule has 0 fully saturated rings.